The molecule has 0 radical (unpaired) electrons. The van der Waals surface area contributed by atoms with E-state index in [1.165, 1.54) is 37.3 Å². The molecular formula is C28H32F3N5O4S. The second-order valence-corrected chi connectivity index (χ2v) is 11.9. The average molecular weight is 592 g/mol. The van der Waals surface area contributed by atoms with Crippen LogP contribution in [0.5, 0.6) is 0 Å². The van der Waals surface area contributed by atoms with E-state index in [1.54, 1.807) is 41.3 Å². The zero-order valence-electron chi connectivity index (χ0n) is 23.2. The molecule has 1 aromatic heterocycles. The largest absolute Gasteiger partial charge is 0.480 e. The molecule has 9 nitrogen and oxygen atoms in total. The van der Waals surface area contributed by atoms with Crippen molar-refractivity contribution < 1.29 is 32.6 Å². The van der Waals surface area contributed by atoms with Crippen molar-refractivity contribution in [2.45, 2.75) is 51.2 Å². The number of hydrogen-bond donors (Lipinski definition) is 2. The van der Waals surface area contributed by atoms with Crippen molar-refractivity contribution in [2.75, 3.05) is 32.8 Å². The summed E-state index contributed by atoms with van der Waals surface area (Å²) in [5, 5.41) is 15.1. The van der Waals surface area contributed by atoms with E-state index in [1.807, 2.05) is 0 Å². The molecule has 3 aliphatic rings. The van der Waals surface area contributed by atoms with E-state index in [4.69, 9.17) is 9.73 Å². The minimum Gasteiger partial charge on any atom is -0.480 e. The maximum Gasteiger partial charge on any atom is 0.338 e. The molecule has 0 saturated carbocycles. The third-order valence-electron chi connectivity index (χ3n) is 8.25. The lowest BCUT2D eigenvalue weighted by atomic mass is 9.92. The molecule has 0 spiro atoms. The lowest BCUT2D eigenvalue weighted by Crippen LogP contribution is -2.51. The van der Waals surface area contributed by atoms with Crippen molar-refractivity contribution in [1.82, 2.24) is 20.1 Å². The monoisotopic (exact) mass is 591 g/mol. The van der Waals surface area contributed by atoms with Crippen LogP contribution in [0.15, 0.2) is 46.0 Å². The van der Waals surface area contributed by atoms with Gasteiger partial charge < -0.3 is 15.2 Å². The number of aliphatic imine (C=N–C) groups is 1. The molecule has 0 amide bonds. The van der Waals surface area contributed by atoms with Gasteiger partial charge in [-0.05, 0) is 44.9 Å². The van der Waals surface area contributed by atoms with Gasteiger partial charge in [-0.3, -0.25) is 19.6 Å². The predicted octanol–water partition coefficient (Wildman–Crippen LogP) is 3.61. The first-order chi connectivity index (χ1) is 19.3. The summed E-state index contributed by atoms with van der Waals surface area (Å²) in [4.78, 5) is 37.6. The fourth-order valence-electron chi connectivity index (χ4n) is 5.81. The molecule has 5 rings (SSSR count). The average Bonchev–Trinajstić information content (AvgIpc) is 3.64. The minimum atomic E-state index is -3.07. The van der Waals surface area contributed by atoms with Gasteiger partial charge in [-0.15, -0.1) is 11.3 Å². The van der Waals surface area contributed by atoms with Gasteiger partial charge in [0, 0.05) is 43.0 Å². The number of carbonyl (C=O) groups is 2. The molecule has 2 fully saturated rings. The van der Waals surface area contributed by atoms with Gasteiger partial charge in [0.1, 0.15) is 17.4 Å². The lowest BCUT2D eigenvalue weighted by Gasteiger charge is -2.34. The van der Waals surface area contributed by atoms with Crippen molar-refractivity contribution >= 4 is 29.1 Å². The van der Waals surface area contributed by atoms with Crippen LogP contribution in [0.1, 0.15) is 42.9 Å². The lowest BCUT2D eigenvalue weighted by molar-refractivity contribution is -0.149. The van der Waals surface area contributed by atoms with Gasteiger partial charge in [0.25, 0.3) is 5.92 Å². The number of likely N-dealkylation sites (tertiary alicyclic amines) is 2. The van der Waals surface area contributed by atoms with E-state index < -0.39 is 53.8 Å². The molecule has 220 valence electrons. The minimum absolute atomic E-state index is 0.0678. The Labute approximate surface area is 239 Å². The van der Waals surface area contributed by atoms with Crippen LogP contribution in [0, 0.1) is 18.7 Å². The number of esters is 1. The van der Waals surface area contributed by atoms with Gasteiger partial charge in [-0.2, -0.15) is 0 Å². The van der Waals surface area contributed by atoms with Gasteiger partial charge in [0.05, 0.1) is 24.6 Å². The molecule has 2 saturated heterocycles. The highest BCUT2D eigenvalue weighted by molar-refractivity contribution is 7.11. The molecule has 0 unspecified atom stereocenters. The highest BCUT2D eigenvalue weighted by Crippen LogP contribution is 2.45. The van der Waals surface area contributed by atoms with Crippen LogP contribution in [0.4, 0.5) is 13.2 Å². The van der Waals surface area contributed by atoms with Crippen molar-refractivity contribution in [3.05, 3.63) is 63.0 Å². The number of nitrogens with zero attached hydrogens (tertiary/aromatic N) is 4. The van der Waals surface area contributed by atoms with Crippen LogP contribution in [-0.4, -0.2) is 88.0 Å². The Morgan fingerprint density at radius 1 is 1.29 bits per heavy atom. The van der Waals surface area contributed by atoms with Crippen LogP contribution in [0.3, 0.4) is 0 Å². The number of alkyl halides is 2. The number of hydrogen-bond acceptors (Lipinski definition) is 9. The summed E-state index contributed by atoms with van der Waals surface area (Å²) < 4.78 is 50.8. The number of aliphatic carboxylic acids is 1. The van der Waals surface area contributed by atoms with Crippen molar-refractivity contribution in [3.8, 4) is 0 Å². The number of rotatable bonds is 8. The van der Waals surface area contributed by atoms with Crippen LogP contribution in [0.25, 0.3) is 0 Å². The van der Waals surface area contributed by atoms with Crippen molar-refractivity contribution in [2.24, 2.45) is 10.9 Å². The number of ether oxygens (including phenoxy) is 1. The normalized spacial score (nSPS) is 24.7. The number of thiazole rings is 1. The summed E-state index contributed by atoms with van der Waals surface area (Å²) in [6, 6.07) is 2.90. The number of carboxylic acids is 1. The highest BCUT2D eigenvalue weighted by atomic mass is 32.1. The Bertz CT molecular complexity index is 1410. The Balaban J connectivity index is 1.58. The van der Waals surface area contributed by atoms with Gasteiger partial charge in [-0.1, -0.05) is 12.1 Å². The van der Waals surface area contributed by atoms with Crippen LogP contribution in [-0.2, 0) is 14.3 Å². The summed E-state index contributed by atoms with van der Waals surface area (Å²) in [5.41, 5.74) is -0.160. The first kappa shape index (κ1) is 29.2. The van der Waals surface area contributed by atoms with E-state index in [-0.39, 0.29) is 31.8 Å². The molecule has 4 heterocycles. The summed E-state index contributed by atoms with van der Waals surface area (Å²) in [5.74, 6) is -6.06. The molecule has 0 bridgehead atoms. The molecule has 41 heavy (non-hydrogen) atoms. The van der Waals surface area contributed by atoms with Gasteiger partial charge >= 0.3 is 11.9 Å². The molecule has 1 aromatic carbocycles. The quantitative estimate of drug-likeness (QED) is 0.449. The number of nitrogens with one attached hydrogen (secondary N) is 1. The summed E-state index contributed by atoms with van der Waals surface area (Å²) in [7, 11) is 0. The predicted molar refractivity (Wildman–Crippen MR) is 146 cm³/mol. The Morgan fingerprint density at radius 3 is 2.71 bits per heavy atom. The number of amidine groups is 1. The number of fused-ring (bicyclic) bond motifs is 1. The number of carboxylic acid groups (broad SMARTS) is 1. The summed E-state index contributed by atoms with van der Waals surface area (Å²) >= 11 is 1.31. The zero-order chi connectivity index (χ0) is 29.7. The Kier molecular flexibility index (Phi) is 7.72. The number of carbonyl (C=O) groups excluding carboxylic acids is 1. The molecule has 3 atom stereocenters. The van der Waals surface area contributed by atoms with Crippen molar-refractivity contribution in [3.63, 3.8) is 0 Å². The van der Waals surface area contributed by atoms with E-state index in [9.17, 15) is 19.1 Å². The first-order valence-corrected chi connectivity index (χ1v) is 14.2. The fraction of sp³-hybridized carbons (Fsp3) is 0.500. The Morgan fingerprint density at radius 2 is 2.05 bits per heavy atom. The third kappa shape index (κ3) is 5.26. The van der Waals surface area contributed by atoms with E-state index in [0.717, 1.165) is 0 Å². The highest BCUT2D eigenvalue weighted by Gasteiger charge is 2.60. The molecule has 13 heteroatoms. The van der Waals surface area contributed by atoms with Crippen LogP contribution >= 0.6 is 11.3 Å². The zero-order valence-corrected chi connectivity index (χ0v) is 24.0. The van der Waals surface area contributed by atoms with Gasteiger partial charge in [0.2, 0.25) is 0 Å². The number of benzene rings is 1. The third-order valence-corrected chi connectivity index (χ3v) is 9.03. The maximum atomic E-state index is 15.4. The standard InChI is InChI=1S/C28H32F3N5O4S/c1-5-40-25(37)21-19(12-35-14-28(30,31)17-11-36(13-20(17)35)27(3,4)26(38)39)33-23(24-32-9-10-41-24)34-22(21)16-7-6-8-18(29)15(16)2/h6-10,17,20,22H,5,11-14H2,1-4H3,(H,33,34)(H,38,39)/t17-,20+,22+/m1/s1. The summed E-state index contributed by atoms with van der Waals surface area (Å²) in [6.07, 6.45) is 1.60. The molecule has 0 aliphatic carbocycles. The van der Waals surface area contributed by atoms with E-state index >= 15 is 8.78 Å². The molecular weight excluding hydrogens is 559 g/mol. The fourth-order valence-corrected chi connectivity index (χ4v) is 6.40. The SMILES string of the molecule is CCOC(=O)C1=C(CN2CC(F)(F)[C@@H]3CN(C(C)(C)C(=O)O)C[C@@H]32)NC(c2nccs2)=N[C@H]1c1cccc(F)c1C. The smallest absolute Gasteiger partial charge is 0.338 e. The van der Waals surface area contributed by atoms with Crippen molar-refractivity contribution in [1.29, 1.82) is 0 Å². The van der Waals surface area contributed by atoms with Crippen LogP contribution < -0.4 is 5.32 Å². The number of halogens is 3. The van der Waals surface area contributed by atoms with Gasteiger partial charge in [-0.25, -0.2) is 22.9 Å². The Hall–Kier alpha value is -3.29. The van der Waals surface area contributed by atoms with E-state index in [0.29, 0.717) is 27.7 Å². The molecule has 2 aromatic rings. The van der Waals surface area contributed by atoms with E-state index in [2.05, 4.69) is 10.3 Å². The number of aromatic nitrogens is 1. The summed E-state index contributed by atoms with van der Waals surface area (Å²) in [6.45, 7) is 5.75. The second-order valence-electron chi connectivity index (χ2n) is 11.0. The maximum absolute atomic E-state index is 15.4. The topological polar surface area (TPSA) is 107 Å². The van der Waals surface area contributed by atoms with Crippen LogP contribution in [0.2, 0.25) is 0 Å². The molecule has 2 N–H and O–H groups in total. The first-order valence-electron chi connectivity index (χ1n) is 13.3. The van der Waals surface area contributed by atoms with Gasteiger partial charge in [0.15, 0.2) is 10.8 Å². The molecule has 3 aliphatic heterocycles. The second kappa shape index (κ2) is 10.8.